The quantitative estimate of drug-likeness (QED) is 0.644. The van der Waals surface area contributed by atoms with Crippen molar-refractivity contribution in [1.29, 1.82) is 0 Å². The summed E-state index contributed by atoms with van der Waals surface area (Å²) >= 11 is 0. The lowest BCUT2D eigenvalue weighted by atomic mass is 9.77. The first-order valence-corrected chi connectivity index (χ1v) is 6.54. The van der Waals surface area contributed by atoms with Crippen molar-refractivity contribution in [1.82, 2.24) is 4.98 Å². The Bertz CT molecular complexity index is 466. The predicted octanol–water partition coefficient (Wildman–Crippen LogP) is 2.34. The van der Waals surface area contributed by atoms with E-state index < -0.39 is 10.5 Å². The summed E-state index contributed by atoms with van der Waals surface area (Å²) in [4.78, 5) is 14.4. The number of nitro groups is 1. The van der Waals surface area contributed by atoms with E-state index in [9.17, 15) is 15.2 Å². The smallest absolute Gasteiger partial charge is 0.274 e. The van der Waals surface area contributed by atoms with E-state index in [1.165, 1.54) is 18.3 Å². The van der Waals surface area contributed by atoms with E-state index >= 15 is 0 Å². The van der Waals surface area contributed by atoms with Crippen LogP contribution in [0.2, 0.25) is 0 Å². The maximum atomic E-state index is 10.7. The summed E-state index contributed by atoms with van der Waals surface area (Å²) in [5.41, 5.74) is -0.394. The van der Waals surface area contributed by atoms with Gasteiger partial charge in [0.15, 0.2) is 0 Å². The number of anilines is 1. The van der Waals surface area contributed by atoms with Gasteiger partial charge >= 0.3 is 0 Å². The van der Waals surface area contributed by atoms with Crippen LogP contribution in [0.5, 0.6) is 0 Å². The van der Waals surface area contributed by atoms with Crippen LogP contribution in [-0.4, -0.2) is 27.2 Å². The maximum absolute atomic E-state index is 10.7. The molecule has 0 saturated heterocycles. The number of aliphatic hydroxyl groups excluding tert-OH is 1. The van der Waals surface area contributed by atoms with E-state index in [1.807, 2.05) is 0 Å². The van der Waals surface area contributed by atoms with E-state index in [0.29, 0.717) is 11.7 Å². The average Bonchev–Trinajstić information content (AvgIpc) is 2.39. The SMILES string of the molecule is CC1CCCC(CO)(Nc2cc([N+](=O)[O-])ccn2)C1. The van der Waals surface area contributed by atoms with Gasteiger partial charge in [-0.1, -0.05) is 19.8 Å². The number of aromatic nitrogens is 1. The molecule has 2 unspecified atom stereocenters. The van der Waals surface area contributed by atoms with Crippen LogP contribution in [0.4, 0.5) is 11.5 Å². The van der Waals surface area contributed by atoms with Gasteiger partial charge in [0.2, 0.25) is 0 Å². The molecule has 2 rings (SSSR count). The molecule has 1 fully saturated rings. The molecule has 1 aliphatic rings. The Morgan fingerprint density at radius 2 is 2.47 bits per heavy atom. The van der Waals surface area contributed by atoms with Crippen LogP contribution in [0.1, 0.15) is 32.6 Å². The van der Waals surface area contributed by atoms with Gasteiger partial charge in [0, 0.05) is 12.3 Å². The Morgan fingerprint density at radius 3 is 3.11 bits per heavy atom. The van der Waals surface area contributed by atoms with Gasteiger partial charge in [0.25, 0.3) is 5.69 Å². The van der Waals surface area contributed by atoms with Crippen molar-refractivity contribution in [2.45, 2.75) is 38.1 Å². The second kappa shape index (κ2) is 5.52. The van der Waals surface area contributed by atoms with Gasteiger partial charge in [-0.2, -0.15) is 0 Å². The van der Waals surface area contributed by atoms with Gasteiger partial charge < -0.3 is 10.4 Å². The highest BCUT2D eigenvalue weighted by molar-refractivity contribution is 5.46. The van der Waals surface area contributed by atoms with Crippen molar-refractivity contribution in [3.63, 3.8) is 0 Å². The molecule has 1 heterocycles. The van der Waals surface area contributed by atoms with Crippen LogP contribution < -0.4 is 5.32 Å². The van der Waals surface area contributed by atoms with Crippen molar-refractivity contribution in [2.75, 3.05) is 11.9 Å². The Labute approximate surface area is 112 Å². The zero-order valence-corrected chi connectivity index (χ0v) is 11.0. The molecule has 2 N–H and O–H groups in total. The number of pyridine rings is 1. The Morgan fingerprint density at radius 1 is 1.68 bits per heavy atom. The van der Waals surface area contributed by atoms with E-state index in [0.717, 1.165) is 25.7 Å². The molecule has 0 radical (unpaired) electrons. The molecule has 1 saturated carbocycles. The second-order valence-electron chi connectivity index (χ2n) is 5.42. The van der Waals surface area contributed by atoms with Crippen LogP contribution in [0.15, 0.2) is 18.3 Å². The standard InChI is InChI=1S/C13H19N3O3/c1-10-3-2-5-13(8-10,9-17)15-12-7-11(16(18)19)4-6-14-12/h4,6-7,10,17H,2-3,5,8-9H2,1H3,(H,14,15). The van der Waals surface area contributed by atoms with Crippen molar-refractivity contribution in [3.8, 4) is 0 Å². The molecule has 1 aromatic rings. The molecule has 1 aromatic heterocycles. The first-order valence-electron chi connectivity index (χ1n) is 6.54. The molecular weight excluding hydrogens is 246 g/mol. The number of rotatable bonds is 4. The summed E-state index contributed by atoms with van der Waals surface area (Å²) in [6, 6.07) is 2.77. The Kier molecular flexibility index (Phi) is 3.99. The molecule has 6 nitrogen and oxygen atoms in total. The van der Waals surface area contributed by atoms with E-state index in [2.05, 4.69) is 17.2 Å². The van der Waals surface area contributed by atoms with Crippen molar-refractivity contribution < 1.29 is 10.0 Å². The van der Waals surface area contributed by atoms with Crippen LogP contribution in [0.3, 0.4) is 0 Å². The minimum atomic E-state index is -0.442. The monoisotopic (exact) mass is 265 g/mol. The second-order valence-corrected chi connectivity index (χ2v) is 5.42. The molecule has 19 heavy (non-hydrogen) atoms. The molecule has 1 aliphatic carbocycles. The van der Waals surface area contributed by atoms with Gasteiger partial charge in [-0.05, 0) is 18.8 Å². The lowest BCUT2D eigenvalue weighted by molar-refractivity contribution is -0.384. The number of hydrogen-bond donors (Lipinski definition) is 2. The molecule has 0 spiro atoms. The lowest BCUT2D eigenvalue weighted by Crippen LogP contribution is -2.46. The van der Waals surface area contributed by atoms with Crippen molar-refractivity contribution in [2.24, 2.45) is 5.92 Å². The van der Waals surface area contributed by atoms with Crippen molar-refractivity contribution >= 4 is 11.5 Å². The van der Waals surface area contributed by atoms with Crippen LogP contribution in [-0.2, 0) is 0 Å². The predicted molar refractivity (Wildman–Crippen MR) is 72.0 cm³/mol. The Balaban J connectivity index is 2.18. The third-order valence-electron chi connectivity index (χ3n) is 3.74. The maximum Gasteiger partial charge on any atom is 0.274 e. The highest BCUT2D eigenvalue weighted by Crippen LogP contribution is 2.34. The lowest BCUT2D eigenvalue weighted by Gasteiger charge is -2.39. The molecule has 0 bridgehead atoms. The summed E-state index contributed by atoms with van der Waals surface area (Å²) in [5.74, 6) is 0.990. The average molecular weight is 265 g/mol. The minimum Gasteiger partial charge on any atom is -0.394 e. The first-order chi connectivity index (χ1) is 9.04. The van der Waals surface area contributed by atoms with Crippen LogP contribution >= 0.6 is 0 Å². The zero-order valence-electron chi connectivity index (χ0n) is 11.0. The van der Waals surface area contributed by atoms with Gasteiger partial charge in [-0.3, -0.25) is 10.1 Å². The van der Waals surface area contributed by atoms with E-state index in [1.54, 1.807) is 0 Å². The fraction of sp³-hybridized carbons (Fsp3) is 0.615. The number of hydrogen-bond acceptors (Lipinski definition) is 5. The van der Waals surface area contributed by atoms with Gasteiger partial charge in [0.1, 0.15) is 5.82 Å². The largest absolute Gasteiger partial charge is 0.394 e. The third-order valence-corrected chi connectivity index (χ3v) is 3.74. The molecule has 0 aliphatic heterocycles. The third kappa shape index (κ3) is 3.20. The molecule has 2 atom stereocenters. The Hall–Kier alpha value is -1.69. The number of aliphatic hydroxyl groups is 1. The van der Waals surface area contributed by atoms with Crippen molar-refractivity contribution in [3.05, 3.63) is 28.4 Å². The molecular formula is C13H19N3O3. The van der Waals surface area contributed by atoms with Crippen LogP contribution in [0.25, 0.3) is 0 Å². The highest BCUT2D eigenvalue weighted by Gasteiger charge is 2.34. The first kappa shape index (κ1) is 13.7. The topological polar surface area (TPSA) is 88.3 Å². The fourth-order valence-electron chi connectivity index (χ4n) is 2.83. The van der Waals surface area contributed by atoms with E-state index in [4.69, 9.17) is 0 Å². The molecule has 0 aromatic carbocycles. The summed E-state index contributed by atoms with van der Waals surface area (Å²) < 4.78 is 0. The highest BCUT2D eigenvalue weighted by atomic mass is 16.6. The summed E-state index contributed by atoms with van der Waals surface area (Å²) in [6.45, 7) is 2.17. The summed E-state index contributed by atoms with van der Waals surface area (Å²) in [6.07, 6.45) is 5.33. The zero-order chi connectivity index (χ0) is 13.9. The molecule has 0 amide bonds. The number of nitrogens with zero attached hydrogens (tertiary/aromatic N) is 2. The summed E-state index contributed by atoms with van der Waals surface area (Å²) in [7, 11) is 0. The minimum absolute atomic E-state index is 0.00875. The normalized spacial score (nSPS) is 26.9. The molecule has 104 valence electrons. The molecule has 6 heteroatoms. The number of nitrogens with one attached hydrogen (secondary N) is 1. The fourth-order valence-corrected chi connectivity index (χ4v) is 2.83. The van der Waals surface area contributed by atoms with E-state index in [-0.39, 0.29) is 12.3 Å². The van der Waals surface area contributed by atoms with Gasteiger partial charge in [-0.15, -0.1) is 0 Å². The van der Waals surface area contributed by atoms with Gasteiger partial charge in [0.05, 0.1) is 23.1 Å². The summed E-state index contributed by atoms with van der Waals surface area (Å²) in [5, 5.41) is 23.6. The van der Waals surface area contributed by atoms with Crippen LogP contribution in [0, 0.1) is 16.0 Å². The van der Waals surface area contributed by atoms with Gasteiger partial charge in [-0.25, -0.2) is 4.98 Å².